The van der Waals surface area contributed by atoms with Crippen molar-refractivity contribution < 1.29 is 9.66 Å². The predicted octanol–water partition coefficient (Wildman–Crippen LogP) is 1.77. The Morgan fingerprint density at radius 2 is 2.44 bits per heavy atom. The topological polar surface area (TPSA) is 76.4 Å². The van der Waals surface area contributed by atoms with E-state index in [1.807, 2.05) is 0 Å². The number of ether oxygens (including phenoxy) is 1. The van der Waals surface area contributed by atoms with Crippen LogP contribution < -0.4 is 15.4 Å². The van der Waals surface area contributed by atoms with Crippen LogP contribution in [0.15, 0.2) is 18.2 Å². The van der Waals surface area contributed by atoms with Crippen molar-refractivity contribution in [1.82, 2.24) is 5.32 Å². The molecule has 0 amide bonds. The van der Waals surface area contributed by atoms with Crippen LogP contribution in [-0.2, 0) is 0 Å². The molecule has 6 nitrogen and oxygen atoms in total. The van der Waals surface area contributed by atoms with Crippen molar-refractivity contribution in [1.29, 1.82) is 0 Å². The average molecular weight is 251 g/mol. The molecule has 1 saturated heterocycles. The number of methoxy groups -OCH3 is 1. The second kappa shape index (κ2) is 5.68. The molecule has 0 spiro atoms. The fourth-order valence-electron chi connectivity index (χ4n) is 2.11. The van der Waals surface area contributed by atoms with Crippen LogP contribution in [0.5, 0.6) is 5.75 Å². The van der Waals surface area contributed by atoms with Gasteiger partial charge in [-0.05, 0) is 25.5 Å². The summed E-state index contributed by atoms with van der Waals surface area (Å²) in [7, 11) is 1.56. The van der Waals surface area contributed by atoms with Crippen LogP contribution in [0.3, 0.4) is 0 Å². The molecule has 6 heteroatoms. The normalized spacial score (nSPS) is 18.6. The van der Waals surface area contributed by atoms with Crippen molar-refractivity contribution in [2.45, 2.75) is 18.9 Å². The number of hydrogen-bond donors (Lipinski definition) is 2. The average Bonchev–Trinajstić information content (AvgIpc) is 2.89. The SMILES string of the molecule is COc1ccc([N+](=O)[O-])cc1NCC1CCCN1. The molecule has 2 N–H and O–H groups in total. The monoisotopic (exact) mass is 251 g/mol. The van der Waals surface area contributed by atoms with Crippen LogP contribution in [-0.4, -0.2) is 31.2 Å². The van der Waals surface area contributed by atoms with Crippen LogP contribution in [0.4, 0.5) is 11.4 Å². The van der Waals surface area contributed by atoms with Crippen LogP contribution in [0, 0.1) is 10.1 Å². The zero-order valence-corrected chi connectivity index (χ0v) is 10.3. The first-order valence-corrected chi connectivity index (χ1v) is 6.00. The Kier molecular flexibility index (Phi) is 3.99. The third-order valence-electron chi connectivity index (χ3n) is 3.10. The van der Waals surface area contributed by atoms with E-state index in [2.05, 4.69) is 10.6 Å². The highest BCUT2D eigenvalue weighted by atomic mass is 16.6. The molecule has 1 heterocycles. The number of benzene rings is 1. The van der Waals surface area contributed by atoms with Crippen molar-refractivity contribution in [3.8, 4) is 5.75 Å². The summed E-state index contributed by atoms with van der Waals surface area (Å²) in [5.74, 6) is 0.624. The van der Waals surface area contributed by atoms with E-state index in [4.69, 9.17) is 4.74 Å². The lowest BCUT2D eigenvalue weighted by atomic mass is 10.2. The van der Waals surface area contributed by atoms with Gasteiger partial charge in [0, 0.05) is 24.7 Å². The second-order valence-corrected chi connectivity index (χ2v) is 4.32. The lowest BCUT2D eigenvalue weighted by Crippen LogP contribution is -2.29. The van der Waals surface area contributed by atoms with Crippen LogP contribution >= 0.6 is 0 Å². The number of nitrogens with zero attached hydrogens (tertiary/aromatic N) is 1. The quantitative estimate of drug-likeness (QED) is 0.616. The van der Waals surface area contributed by atoms with Crippen LogP contribution in [0.1, 0.15) is 12.8 Å². The summed E-state index contributed by atoms with van der Waals surface area (Å²) < 4.78 is 5.19. The lowest BCUT2D eigenvalue weighted by molar-refractivity contribution is -0.384. The van der Waals surface area contributed by atoms with Gasteiger partial charge >= 0.3 is 0 Å². The molecule has 1 aromatic carbocycles. The van der Waals surface area contributed by atoms with Crippen LogP contribution in [0.2, 0.25) is 0 Å². The van der Waals surface area contributed by atoms with Gasteiger partial charge < -0.3 is 15.4 Å². The van der Waals surface area contributed by atoms with Gasteiger partial charge in [0.2, 0.25) is 0 Å². The van der Waals surface area contributed by atoms with E-state index in [0.717, 1.165) is 19.5 Å². The molecule has 0 radical (unpaired) electrons. The fourth-order valence-corrected chi connectivity index (χ4v) is 2.11. The van der Waals surface area contributed by atoms with Gasteiger partial charge in [0.1, 0.15) is 5.75 Å². The summed E-state index contributed by atoms with van der Waals surface area (Å²) in [5, 5.41) is 17.3. The Balaban J connectivity index is 2.08. The summed E-state index contributed by atoms with van der Waals surface area (Å²) in [6, 6.07) is 4.99. The van der Waals surface area contributed by atoms with Gasteiger partial charge in [-0.25, -0.2) is 0 Å². The van der Waals surface area contributed by atoms with Gasteiger partial charge in [0.05, 0.1) is 17.7 Å². The molecule has 0 bridgehead atoms. The molecule has 98 valence electrons. The van der Waals surface area contributed by atoms with Crippen molar-refractivity contribution >= 4 is 11.4 Å². The fraction of sp³-hybridized carbons (Fsp3) is 0.500. The van der Waals surface area contributed by atoms with Gasteiger partial charge in [-0.2, -0.15) is 0 Å². The number of anilines is 1. The second-order valence-electron chi connectivity index (χ2n) is 4.32. The zero-order chi connectivity index (χ0) is 13.0. The maximum Gasteiger partial charge on any atom is 0.271 e. The van der Waals surface area contributed by atoms with E-state index in [0.29, 0.717) is 17.5 Å². The third kappa shape index (κ3) is 2.89. The Morgan fingerprint density at radius 3 is 3.06 bits per heavy atom. The van der Waals surface area contributed by atoms with E-state index < -0.39 is 4.92 Å². The lowest BCUT2D eigenvalue weighted by Gasteiger charge is -2.14. The maximum absolute atomic E-state index is 10.7. The maximum atomic E-state index is 10.7. The number of nitro benzene ring substituents is 1. The van der Waals surface area contributed by atoms with Crippen molar-refractivity contribution in [2.24, 2.45) is 0 Å². The first kappa shape index (κ1) is 12.6. The molecular formula is C12H17N3O3. The van der Waals surface area contributed by atoms with Crippen molar-refractivity contribution in [3.63, 3.8) is 0 Å². The highest BCUT2D eigenvalue weighted by molar-refractivity contribution is 5.61. The number of non-ortho nitro benzene ring substituents is 1. The molecule has 1 unspecified atom stereocenters. The summed E-state index contributed by atoms with van der Waals surface area (Å²) >= 11 is 0. The zero-order valence-electron chi connectivity index (χ0n) is 10.3. The summed E-state index contributed by atoms with van der Waals surface area (Å²) in [6.07, 6.45) is 2.31. The predicted molar refractivity (Wildman–Crippen MR) is 69.2 cm³/mol. The van der Waals surface area contributed by atoms with E-state index in [9.17, 15) is 10.1 Å². The molecule has 1 aromatic rings. The molecule has 1 fully saturated rings. The minimum Gasteiger partial charge on any atom is -0.495 e. The van der Waals surface area contributed by atoms with Gasteiger partial charge in [0.15, 0.2) is 0 Å². The molecule has 2 rings (SSSR count). The molecule has 1 atom stereocenters. The highest BCUT2D eigenvalue weighted by Crippen LogP contribution is 2.28. The number of nitro groups is 1. The van der Waals surface area contributed by atoms with Gasteiger partial charge in [-0.3, -0.25) is 10.1 Å². The van der Waals surface area contributed by atoms with E-state index in [1.165, 1.54) is 18.6 Å². The third-order valence-corrected chi connectivity index (χ3v) is 3.10. The molecule has 0 aromatic heterocycles. The molecule has 0 aliphatic carbocycles. The Bertz CT molecular complexity index is 431. The van der Waals surface area contributed by atoms with Crippen molar-refractivity contribution in [2.75, 3.05) is 25.5 Å². The Labute approximate surface area is 105 Å². The smallest absolute Gasteiger partial charge is 0.271 e. The molecule has 1 aliphatic rings. The van der Waals surface area contributed by atoms with E-state index >= 15 is 0 Å². The Hall–Kier alpha value is -1.82. The summed E-state index contributed by atoms with van der Waals surface area (Å²) in [5.41, 5.74) is 0.734. The first-order valence-electron chi connectivity index (χ1n) is 6.00. The van der Waals surface area contributed by atoms with Gasteiger partial charge in [-0.1, -0.05) is 0 Å². The highest BCUT2D eigenvalue weighted by Gasteiger charge is 2.16. The minimum absolute atomic E-state index is 0.0673. The number of rotatable bonds is 5. The first-order chi connectivity index (χ1) is 8.70. The molecule has 0 saturated carbocycles. The van der Waals surface area contributed by atoms with Crippen molar-refractivity contribution in [3.05, 3.63) is 28.3 Å². The standard InChI is InChI=1S/C12H17N3O3/c1-18-12-5-4-10(15(16)17)7-11(12)14-8-9-3-2-6-13-9/h4-5,7,9,13-14H,2-3,6,8H2,1H3. The minimum atomic E-state index is -0.404. The van der Waals surface area contributed by atoms with E-state index in [1.54, 1.807) is 13.2 Å². The van der Waals surface area contributed by atoms with Gasteiger partial charge in [0.25, 0.3) is 5.69 Å². The van der Waals surface area contributed by atoms with E-state index in [-0.39, 0.29) is 5.69 Å². The largest absolute Gasteiger partial charge is 0.495 e. The summed E-state index contributed by atoms with van der Waals surface area (Å²) in [6.45, 7) is 1.79. The summed E-state index contributed by atoms with van der Waals surface area (Å²) in [4.78, 5) is 10.3. The number of hydrogen-bond acceptors (Lipinski definition) is 5. The Morgan fingerprint density at radius 1 is 1.61 bits per heavy atom. The molecular weight excluding hydrogens is 234 g/mol. The van der Waals surface area contributed by atoms with Crippen LogP contribution in [0.25, 0.3) is 0 Å². The molecule has 1 aliphatic heterocycles. The van der Waals surface area contributed by atoms with Gasteiger partial charge in [-0.15, -0.1) is 0 Å². The molecule has 18 heavy (non-hydrogen) atoms. The number of nitrogens with one attached hydrogen (secondary N) is 2.